The smallest absolute Gasteiger partial charge is 0.252 e. The molecular weight excluding hydrogens is 216 g/mol. The molecule has 1 aromatic carbocycles. The SMILES string of the molecule is NOCCCNC(=O)c1ccccc1Cl. The van der Waals surface area contributed by atoms with Gasteiger partial charge in [0.05, 0.1) is 17.2 Å². The first-order valence-corrected chi connectivity index (χ1v) is 4.98. The molecule has 0 heterocycles. The third-order valence-corrected chi connectivity index (χ3v) is 2.17. The number of halogens is 1. The van der Waals surface area contributed by atoms with Crippen molar-refractivity contribution in [2.45, 2.75) is 6.42 Å². The van der Waals surface area contributed by atoms with E-state index in [2.05, 4.69) is 10.2 Å². The van der Waals surface area contributed by atoms with Gasteiger partial charge in [-0.25, -0.2) is 5.90 Å². The number of benzene rings is 1. The number of rotatable bonds is 5. The molecule has 1 amide bonds. The summed E-state index contributed by atoms with van der Waals surface area (Å²) in [5, 5.41) is 3.16. The van der Waals surface area contributed by atoms with Crippen LogP contribution in [0.3, 0.4) is 0 Å². The molecule has 3 N–H and O–H groups in total. The number of carbonyl (C=O) groups is 1. The number of amides is 1. The largest absolute Gasteiger partial charge is 0.352 e. The molecule has 1 rings (SSSR count). The van der Waals surface area contributed by atoms with Gasteiger partial charge in [0.25, 0.3) is 5.91 Å². The molecule has 0 aliphatic rings. The van der Waals surface area contributed by atoms with Crippen molar-refractivity contribution in [2.24, 2.45) is 5.90 Å². The summed E-state index contributed by atoms with van der Waals surface area (Å²) in [6, 6.07) is 6.90. The topological polar surface area (TPSA) is 64.3 Å². The highest BCUT2D eigenvalue weighted by molar-refractivity contribution is 6.33. The molecule has 0 spiro atoms. The van der Waals surface area contributed by atoms with Crippen LogP contribution in [0.5, 0.6) is 0 Å². The number of nitrogens with one attached hydrogen (secondary N) is 1. The van der Waals surface area contributed by atoms with Gasteiger partial charge >= 0.3 is 0 Å². The van der Waals surface area contributed by atoms with E-state index in [1.807, 2.05) is 0 Å². The van der Waals surface area contributed by atoms with Crippen LogP contribution in [0.4, 0.5) is 0 Å². The van der Waals surface area contributed by atoms with Crippen LogP contribution in [-0.4, -0.2) is 19.1 Å². The van der Waals surface area contributed by atoms with Crippen LogP contribution in [0.1, 0.15) is 16.8 Å². The molecule has 0 unspecified atom stereocenters. The monoisotopic (exact) mass is 228 g/mol. The molecule has 0 fully saturated rings. The molecule has 0 bridgehead atoms. The summed E-state index contributed by atoms with van der Waals surface area (Å²) in [6.45, 7) is 0.935. The summed E-state index contributed by atoms with van der Waals surface area (Å²) in [7, 11) is 0. The van der Waals surface area contributed by atoms with Crippen LogP contribution in [0.15, 0.2) is 24.3 Å². The number of hydrogen-bond acceptors (Lipinski definition) is 3. The van der Waals surface area contributed by atoms with Gasteiger partial charge in [-0.1, -0.05) is 23.7 Å². The molecule has 5 heteroatoms. The van der Waals surface area contributed by atoms with Crippen molar-refractivity contribution in [2.75, 3.05) is 13.2 Å². The molecule has 0 saturated heterocycles. The Morgan fingerprint density at radius 1 is 1.47 bits per heavy atom. The van der Waals surface area contributed by atoms with Crippen LogP contribution in [0, 0.1) is 0 Å². The molecule has 0 radical (unpaired) electrons. The van der Waals surface area contributed by atoms with Gasteiger partial charge < -0.3 is 10.2 Å². The summed E-state index contributed by atoms with van der Waals surface area (Å²) >= 11 is 5.85. The maximum atomic E-state index is 11.6. The van der Waals surface area contributed by atoms with E-state index in [0.29, 0.717) is 30.2 Å². The van der Waals surface area contributed by atoms with E-state index < -0.39 is 0 Å². The van der Waals surface area contributed by atoms with Gasteiger partial charge in [-0.15, -0.1) is 0 Å². The van der Waals surface area contributed by atoms with Crippen molar-refractivity contribution in [3.63, 3.8) is 0 Å². The first-order valence-electron chi connectivity index (χ1n) is 4.60. The minimum atomic E-state index is -0.183. The average Bonchev–Trinajstić information content (AvgIpc) is 2.25. The second kappa shape index (κ2) is 6.40. The summed E-state index contributed by atoms with van der Waals surface area (Å²) in [6.07, 6.45) is 0.673. The predicted molar refractivity (Wildman–Crippen MR) is 58.5 cm³/mol. The van der Waals surface area contributed by atoms with E-state index in [4.69, 9.17) is 17.5 Å². The van der Waals surface area contributed by atoms with Gasteiger partial charge in [-0.05, 0) is 18.6 Å². The predicted octanol–water partition coefficient (Wildman–Crippen LogP) is 1.35. The molecule has 82 valence electrons. The highest BCUT2D eigenvalue weighted by atomic mass is 35.5. The summed E-state index contributed by atoms with van der Waals surface area (Å²) in [4.78, 5) is 15.9. The number of nitrogens with two attached hydrogens (primary N) is 1. The molecule has 1 aromatic rings. The maximum Gasteiger partial charge on any atom is 0.252 e. The van der Waals surface area contributed by atoms with E-state index in [0.717, 1.165) is 0 Å². The lowest BCUT2D eigenvalue weighted by molar-refractivity contribution is 0.0941. The second-order valence-electron chi connectivity index (χ2n) is 2.96. The third-order valence-electron chi connectivity index (χ3n) is 1.84. The number of hydrogen-bond donors (Lipinski definition) is 2. The Morgan fingerprint density at radius 3 is 2.87 bits per heavy atom. The van der Waals surface area contributed by atoms with Gasteiger partial charge in [0.2, 0.25) is 0 Å². The van der Waals surface area contributed by atoms with Gasteiger partial charge in [0.1, 0.15) is 0 Å². The van der Waals surface area contributed by atoms with Crippen molar-refractivity contribution in [1.29, 1.82) is 0 Å². The van der Waals surface area contributed by atoms with Crippen LogP contribution in [-0.2, 0) is 4.84 Å². The van der Waals surface area contributed by atoms with Crippen LogP contribution >= 0.6 is 11.6 Å². The fourth-order valence-electron chi connectivity index (χ4n) is 1.10. The highest BCUT2D eigenvalue weighted by Crippen LogP contribution is 2.14. The van der Waals surface area contributed by atoms with Crippen molar-refractivity contribution < 1.29 is 9.63 Å². The van der Waals surface area contributed by atoms with Crippen molar-refractivity contribution in [1.82, 2.24) is 5.32 Å². The first kappa shape index (κ1) is 12.0. The van der Waals surface area contributed by atoms with Gasteiger partial charge in [-0.3, -0.25) is 4.79 Å². The molecule has 15 heavy (non-hydrogen) atoms. The fourth-order valence-corrected chi connectivity index (χ4v) is 1.32. The second-order valence-corrected chi connectivity index (χ2v) is 3.37. The number of carbonyl (C=O) groups excluding carboxylic acids is 1. The quantitative estimate of drug-likeness (QED) is 0.591. The minimum Gasteiger partial charge on any atom is -0.352 e. The Morgan fingerprint density at radius 2 is 2.20 bits per heavy atom. The highest BCUT2D eigenvalue weighted by Gasteiger charge is 2.07. The molecule has 0 atom stereocenters. The lowest BCUT2D eigenvalue weighted by Gasteiger charge is -2.05. The molecule has 4 nitrogen and oxygen atoms in total. The van der Waals surface area contributed by atoms with E-state index in [-0.39, 0.29) is 5.91 Å². The van der Waals surface area contributed by atoms with Gasteiger partial charge in [0.15, 0.2) is 0 Å². The normalized spacial score (nSPS) is 10.0. The molecule has 0 aromatic heterocycles. The van der Waals surface area contributed by atoms with Gasteiger partial charge in [-0.2, -0.15) is 0 Å². The maximum absolute atomic E-state index is 11.6. The van der Waals surface area contributed by atoms with E-state index in [9.17, 15) is 4.79 Å². The van der Waals surface area contributed by atoms with Crippen LogP contribution < -0.4 is 11.2 Å². The minimum absolute atomic E-state index is 0.183. The summed E-state index contributed by atoms with van der Waals surface area (Å²) in [5.74, 6) is 4.66. The van der Waals surface area contributed by atoms with E-state index in [1.54, 1.807) is 24.3 Å². The van der Waals surface area contributed by atoms with Crippen LogP contribution in [0.25, 0.3) is 0 Å². The Bertz CT molecular complexity index is 331. The third kappa shape index (κ3) is 3.87. The lowest BCUT2D eigenvalue weighted by atomic mass is 10.2. The van der Waals surface area contributed by atoms with E-state index >= 15 is 0 Å². The van der Waals surface area contributed by atoms with Gasteiger partial charge in [0, 0.05) is 6.54 Å². The van der Waals surface area contributed by atoms with E-state index in [1.165, 1.54) is 0 Å². The lowest BCUT2D eigenvalue weighted by Crippen LogP contribution is -2.25. The average molecular weight is 229 g/mol. The Hall–Kier alpha value is -1.10. The molecule has 0 aliphatic heterocycles. The van der Waals surface area contributed by atoms with Crippen molar-refractivity contribution in [3.8, 4) is 0 Å². The fraction of sp³-hybridized carbons (Fsp3) is 0.300. The van der Waals surface area contributed by atoms with Crippen LogP contribution in [0.2, 0.25) is 5.02 Å². The molecule has 0 saturated carbocycles. The Labute approximate surface area is 93.3 Å². The zero-order chi connectivity index (χ0) is 11.1. The Kier molecular flexibility index (Phi) is 5.10. The summed E-state index contributed by atoms with van der Waals surface area (Å²) < 4.78 is 0. The molecule has 0 aliphatic carbocycles. The van der Waals surface area contributed by atoms with Crippen molar-refractivity contribution >= 4 is 17.5 Å². The Balaban J connectivity index is 2.44. The molecular formula is C10H13ClN2O2. The first-order chi connectivity index (χ1) is 7.25. The standard InChI is InChI=1S/C10H13ClN2O2/c11-9-5-2-1-4-8(9)10(14)13-6-3-7-15-12/h1-2,4-5H,3,6-7,12H2,(H,13,14). The van der Waals surface area contributed by atoms with Crippen molar-refractivity contribution in [3.05, 3.63) is 34.9 Å². The zero-order valence-electron chi connectivity index (χ0n) is 8.20. The summed E-state index contributed by atoms with van der Waals surface area (Å²) in [5.41, 5.74) is 0.479. The zero-order valence-corrected chi connectivity index (χ0v) is 8.96.